The van der Waals surface area contributed by atoms with E-state index >= 15 is 0 Å². The van der Waals surface area contributed by atoms with E-state index in [1.807, 2.05) is 36.4 Å². The normalized spacial score (nSPS) is 14.4. The Morgan fingerprint density at radius 2 is 1.80 bits per heavy atom. The summed E-state index contributed by atoms with van der Waals surface area (Å²) < 4.78 is 0. The lowest BCUT2D eigenvalue weighted by Crippen LogP contribution is -2.36. The number of aromatic amines is 3. The van der Waals surface area contributed by atoms with E-state index in [-0.39, 0.29) is 17.5 Å². The lowest BCUT2D eigenvalue weighted by molar-refractivity contribution is 0.0922. The van der Waals surface area contributed by atoms with Gasteiger partial charge in [0.05, 0.1) is 16.4 Å². The van der Waals surface area contributed by atoms with Gasteiger partial charge in [0.25, 0.3) is 11.5 Å². The molecule has 0 saturated heterocycles. The first kappa shape index (κ1) is 21.1. The fourth-order valence-electron chi connectivity index (χ4n) is 4.61. The SMILES string of the molecule is O=C(NC1CCCCC1)c1cc(Nc2nc(-c3ccc4[nH][nH]c(=O)c4c3)nc3ccccc23)[nH]n1. The summed E-state index contributed by atoms with van der Waals surface area (Å²) in [5, 5.41) is 20.2. The minimum atomic E-state index is -0.197. The first-order chi connectivity index (χ1) is 17.1. The number of fused-ring (bicyclic) bond motifs is 2. The zero-order valence-corrected chi connectivity index (χ0v) is 18.9. The van der Waals surface area contributed by atoms with Crippen molar-refractivity contribution in [2.24, 2.45) is 0 Å². The third-order valence-electron chi connectivity index (χ3n) is 6.44. The third-order valence-corrected chi connectivity index (χ3v) is 6.44. The average molecular weight is 469 g/mol. The van der Waals surface area contributed by atoms with Crippen molar-refractivity contribution in [1.82, 2.24) is 35.7 Å². The molecule has 1 saturated carbocycles. The minimum Gasteiger partial charge on any atom is -0.348 e. The number of carbonyl (C=O) groups excluding carboxylic acids is 1. The Bertz CT molecular complexity index is 1590. The van der Waals surface area contributed by atoms with Crippen LogP contribution in [0.3, 0.4) is 0 Å². The maximum absolute atomic E-state index is 12.7. The summed E-state index contributed by atoms with van der Waals surface area (Å²) in [6.45, 7) is 0. The van der Waals surface area contributed by atoms with E-state index in [2.05, 4.69) is 31.0 Å². The Labute approximate surface area is 199 Å². The first-order valence-corrected chi connectivity index (χ1v) is 11.7. The molecule has 10 nitrogen and oxygen atoms in total. The summed E-state index contributed by atoms with van der Waals surface area (Å²) in [6.07, 6.45) is 5.54. The molecule has 5 aromatic rings. The number of anilines is 2. The van der Waals surface area contributed by atoms with Crippen LogP contribution in [0.4, 0.5) is 11.6 Å². The highest BCUT2D eigenvalue weighted by Crippen LogP contribution is 2.28. The van der Waals surface area contributed by atoms with Gasteiger partial charge in [0.2, 0.25) is 0 Å². The van der Waals surface area contributed by atoms with Gasteiger partial charge in [-0.2, -0.15) is 5.10 Å². The number of hydrogen-bond acceptors (Lipinski definition) is 6. The highest BCUT2D eigenvalue weighted by atomic mass is 16.2. The van der Waals surface area contributed by atoms with Crippen molar-refractivity contribution in [2.75, 3.05) is 5.32 Å². The molecule has 176 valence electrons. The van der Waals surface area contributed by atoms with Crippen LogP contribution >= 0.6 is 0 Å². The van der Waals surface area contributed by atoms with E-state index < -0.39 is 0 Å². The molecule has 0 spiro atoms. The molecular formula is C25H24N8O2. The molecule has 0 atom stereocenters. The van der Waals surface area contributed by atoms with E-state index in [4.69, 9.17) is 9.97 Å². The zero-order valence-electron chi connectivity index (χ0n) is 18.9. The van der Waals surface area contributed by atoms with E-state index in [9.17, 15) is 9.59 Å². The zero-order chi connectivity index (χ0) is 23.8. The van der Waals surface area contributed by atoms with Crippen molar-refractivity contribution in [1.29, 1.82) is 0 Å². The summed E-state index contributed by atoms with van der Waals surface area (Å²) in [5.41, 5.74) is 2.31. The van der Waals surface area contributed by atoms with Gasteiger partial charge in [-0.05, 0) is 43.2 Å². The number of carbonyl (C=O) groups is 1. The van der Waals surface area contributed by atoms with E-state index in [0.29, 0.717) is 34.1 Å². The number of nitrogens with one attached hydrogen (secondary N) is 5. The summed E-state index contributed by atoms with van der Waals surface area (Å²) in [7, 11) is 0. The molecule has 0 aliphatic heterocycles. The Morgan fingerprint density at radius 3 is 2.69 bits per heavy atom. The van der Waals surface area contributed by atoms with Crippen molar-refractivity contribution in [2.45, 2.75) is 38.1 Å². The lowest BCUT2D eigenvalue weighted by Gasteiger charge is -2.22. The Morgan fingerprint density at radius 1 is 0.943 bits per heavy atom. The predicted octanol–water partition coefficient (Wildman–Crippen LogP) is 4.00. The monoisotopic (exact) mass is 468 g/mol. The first-order valence-electron chi connectivity index (χ1n) is 11.7. The Kier molecular flexibility index (Phi) is 5.25. The van der Waals surface area contributed by atoms with Gasteiger partial charge in [0.1, 0.15) is 11.6 Å². The van der Waals surface area contributed by atoms with Crippen LogP contribution in [0, 0.1) is 0 Å². The number of nitrogens with zero attached hydrogens (tertiary/aromatic N) is 3. The fourth-order valence-corrected chi connectivity index (χ4v) is 4.61. The second kappa shape index (κ2) is 8.71. The van der Waals surface area contributed by atoms with Crippen molar-refractivity contribution in [3.05, 3.63) is 64.6 Å². The summed E-state index contributed by atoms with van der Waals surface area (Å²) >= 11 is 0. The smallest absolute Gasteiger partial charge is 0.272 e. The molecule has 1 fully saturated rings. The topological polar surface area (TPSA) is 144 Å². The van der Waals surface area contributed by atoms with Crippen LogP contribution in [0.25, 0.3) is 33.2 Å². The molecule has 1 aliphatic rings. The standard InChI is InChI=1S/C25H24N8O2/c34-24-17-12-14(10-11-19(17)30-33-24)22-27-18-9-5-4-8-16(18)23(29-22)28-21-13-20(31-32-21)25(35)26-15-6-2-1-3-7-15/h4-5,8-13,15H,1-3,6-7H2,(H,26,35)(H2,30,33,34)(H2,27,28,29,31,32). The van der Waals surface area contributed by atoms with Crippen LogP contribution in [0.5, 0.6) is 0 Å². The van der Waals surface area contributed by atoms with Crippen molar-refractivity contribution >= 4 is 39.3 Å². The third kappa shape index (κ3) is 4.14. The molecule has 0 unspecified atom stereocenters. The number of para-hydroxylation sites is 1. The number of hydrogen-bond donors (Lipinski definition) is 5. The minimum absolute atomic E-state index is 0.181. The lowest BCUT2D eigenvalue weighted by atomic mass is 9.95. The summed E-state index contributed by atoms with van der Waals surface area (Å²) in [4.78, 5) is 34.2. The summed E-state index contributed by atoms with van der Waals surface area (Å²) in [5.74, 6) is 1.41. The Balaban J connectivity index is 1.31. The maximum atomic E-state index is 12.7. The molecule has 3 aromatic heterocycles. The number of rotatable bonds is 5. The van der Waals surface area contributed by atoms with Crippen LogP contribution in [0.15, 0.2) is 53.3 Å². The fraction of sp³-hybridized carbons (Fsp3) is 0.240. The van der Waals surface area contributed by atoms with Crippen LogP contribution in [0.2, 0.25) is 0 Å². The largest absolute Gasteiger partial charge is 0.348 e. The molecule has 1 amide bonds. The van der Waals surface area contributed by atoms with Crippen molar-refractivity contribution in [3.8, 4) is 11.4 Å². The van der Waals surface area contributed by atoms with Crippen LogP contribution in [-0.2, 0) is 0 Å². The summed E-state index contributed by atoms with van der Waals surface area (Å²) in [6, 6.07) is 15.0. The molecule has 3 heterocycles. The predicted molar refractivity (Wildman–Crippen MR) is 134 cm³/mol. The Hall–Kier alpha value is -4.47. The van der Waals surface area contributed by atoms with E-state index in [1.165, 1.54) is 6.42 Å². The van der Waals surface area contributed by atoms with Gasteiger partial charge >= 0.3 is 0 Å². The molecule has 10 heteroatoms. The van der Waals surface area contributed by atoms with Gasteiger partial charge in [-0.25, -0.2) is 9.97 Å². The van der Waals surface area contributed by atoms with Crippen LogP contribution in [-0.4, -0.2) is 42.3 Å². The van der Waals surface area contributed by atoms with Crippen LogP contribution < -0.4 is 16.2 Å². The second-order valence-electron chi connectivity index (χ2n) is 8.85. The van der Waals surface area contributed by atoms with E-state index in [0.717, 1.165) is 42.1 Å². The van der Waals surface area contributed by atoms with Gasteiger partial charge < -0.3 is 10.6 Å². The molecule has 1 aliphatic carbocycles. The van der Waals surface area contributed by atoms with Crippen molar-refractivity contribution in [3.63, 3.8) is 0 Å². The second-order valence-corrected chi connectivity index (χ2v) is 8.85. The molecule has 0 bridgehead atoms. The number of amides is 1. The molecule has 2 aromatic carbocycles. The van der Waals surface area contributed by atoms with Gasteiger partial charge in [0, 0.05) is 23.1 Å². The number of H-pyrrole nitrogens is 3. The molecule has 35 heavy (non-hydrogen) atoms. The van der Waals surface area contributed by atoms with Gasteiger partial charge in [-0.3, -0.25) is 24.9 Å². The average Bonchev–Trinajstić information content (AvgIpc) is 3.51. The van der Waals surface area contributed by atoms with Gasteiger partial charge in [-0.1, -0.05) is 31.4 Å². The number of benzene rings is 2. The molecule has 5 N–H and O–H groups in total. The number of aromatic nitrogens is 6. The molecule has 6 rings (SSSR count). The van der Waals surface area contributed by atoms with E-state index in [1.54, 1.807) is 12.1 Å². The van der Waals surface area contributed by atoms with Gasteiger partial charge in [0.15, 0.2) is 11.5 Å². The molecule has 0 radical (unpaired) electrons. The molecular weight excluding hydrogens is 444 g/mol. The maximum Gasteiger partial charge on any atom is 0.272 e. The van der Waals surface area contributed by atoms with Gasteiger partial charge in [-0.15, -0.1) is 0 Å². The van der Waals surface area contributed by atoms with Crippen molar-refractivity contribution < 1.29 is 4.79 Å². The quantitative estimate of drug-likeness (QED) is 0.264. The van der Waals surface area contributed by atoms with Crippen LogP contribution in [0.1, 0.15) is 42.6 Å². The highest BCUT2D eigenvalue weighted by Gasteiger charge is 2.19. The highest BCUT2D eigenvalue weighted by molar-refractivity contribution is 5.95.